The second-order valence-electron chi connectivity index (χ2n) is 5.57. The number of nitrogens with one attached hydrogen (secondary N) is 1. The van der Waals surface area contributed by atoms with Crippen LogP contribution in [0.3, 0.4) is 0 Å². The van der Waals surface area contributed by atoms with Gasteiger partial charge >= 0.3 is 5.97 Å². The molecular formula is C16H13N3O4. The molecule has 1 atom stereocenters. The zero-order valence-electron chi connectivity index (χ0n) is 12.1. The van der Waals surface area contributed by atoms with Gasteiger partial charge in [0.2, 0.25) is 0 Å². The molecule has 2 aromatic rings. The molecule has 1 aliphatic carbocycles. The predicted molar refractivity (Wildman–Crippen MR) is 77.3 cm³/mol. The van der Waals surface area contributed by atoms with Gasteiger partial charge in [0.1, 0.15) is 5.92 Å². The highest BCUT2D eigenvalue weighted by molar-refractivity contribution is 6.20. The van der Waals surface area contributed by atoms with Crippen LogP contribution in [-0.2, 0) is 16.1 Å². The lowest BCUT2D eigenvalue weighted by atomic mass is 9.90. The van der Waals surface area contributed by atoms with E-state index in [0.717, 1.165) is 18.5 Å². The van der Waals surface area contributed by atoms with Gasteiger partial charge in [-0.3, -0.25) is 9.59 Å². The van der Waals surface area contributed by atoms with Crippen molar-refractivity contribution in [1.29, 1.82) is 0 Å². The van der Waals surface area contributed by atoms with Crippen LogP contribution in [0, 0.1) is 0 Å². The van der Waals surface area contributed by atoms with Crippen molar-refractivity contribution in [2.75, 3.05) is 0 Å². The highest BCUT2D eigenvalue weighted by atomic mass is 16.7. The number of H-pyrrole nitrogens is 1. The molecule has 0 fully saturated rings. The molecule has 7 heteroatoms. The van der Waals surface area contributed by atoms with E-state index < -0.39 is 23.7 Å². The smallest absolute Gasteiger partial charge is 0.342 e. The number of hydroxylamine groups is 2. The maximum atomic E-state index is 12.4. The van der Waals surface area contributed by atoms with Gasteiger partial charge in [-0.1, -0.05) is 17.2 Å². The van der Waals surface area contributed by atoms with Crippen molar-refractivity contribution in [3.8, 4) is 0 Å². The summed E-state index contributed by atoms with van der Waals surface area (Å²) in [7, 11) is 0. The standard InChI is InChI=1S/C16H13N3O4/c20-14-9-4-1-2-5-10(9)15(21)19(14)23-16(22)11-6-3-7-12-13(11)18-8-17-12/h1-2,4-5,8,11H,3,6-7H2,(H,17,18). The summed E-state index contributed by atoms with van der Waals surface area (Å²) in [6.45, 7) is 0. The minimum atomic E-state index is -0.632. The number of rotatable bonds is 2. The number of nitrogens with zero attached hydrogens (tertiary/aromatic N) is 2. The molecule has 0 spiro atoms. The summed E-state index contributed by atoms with van der Waals surface area (Å²) >= 11 is 0. The first-order valence-electron chi connectivity index (χ1n) is 7.38. The Morgan fingerprint density at radius 1 is 1.22 bits per heavy atom. The second-order valence-corrected chi connectivity index (χ2v) is 5.57. The summed E-state index contributed by atoms with van der Waals surface area (Å²) in [5.74, 6) is -2.42. The van der Waals surface area contributed by atoms with Crippen LogP contribution in [0.1, 0.15) is 50.9 Å². The normalized spacial score (nSPS) is 19.5. The maximum absolute atomic E-state index is 12.4. The van der Waals surface area contributed by atoms with Gasteiger partial charge in [0.25, 0.3) is 11.8 Å². The molecule has 1 aromatic heterocycles. The zero-order valence-corrected chi connectivity index (χ0v) is 12.1. The monoisotopic (exact) mass is 311 g/mol. The van der Waals surface area contributed by atoms with Crippen LogP contribution in [-0.4, -0.2) is 32.8 Å². The summed E-state index contributed by atoms with van der Waals surface area (Å²) in [5.41, 5.74) is 2.03. The Kier molecular flexibility index (Phi) is 3.00. The Hall–Kier alpha value is -2.96. The average molecular weight is 311 g/mol. The van der Waals surface area contributed by atoms with E-state index in [1.165, 1.54) is 18.5 Å². The lowest BCUT2D eigenvalue weighted by Gasteiger charge is -2.21. The third kappa shape index (κ3) is 2.04. The highest BCUT2D eigenvalue weighted by Crippen LogP contribution is 2.31. The molecule has 1 aromatic carbocycles. The number of imidazole rings is 1. The SMILES string of the molecule is O=C(ON1C(=O)c2ccccc2C1=O)C1CCCc2[nH]cnc21. The van der Waals surface area contributed by atoms with Crippen LogP contribution in [0.5, 0.6) is 0 Å². The van der Waals surface area contributed by atoms with Crippen LogP contribution < -0.4 is 0 Å². The van der Waals surface area contributed by atoms with E-state index >= 15 is 0 Å². The maximum Gasteiger partial charge on any atom is 0.342 e. The number of aryl methyl sites for hydroxylation is 1. The van der Waals surface area contributed by atoms with Crippen LogP contribution >= 0.6 is 0 Å². The number of amides is 2. The molecule has 2 aliphatic rings. The van der Waals surface area contributed by atoms with Gasteiger partial charge in [0, 0.05) is 5.69 Å². The third-order valence-electron chi connectivity index (χ3n) is 4.22. The van der Waals surface area contributed by atoms with Gasteiger partial charge in [0.15, 0.2) is 0 Å². The fraction of sp³-hybridized carbons (Fsp3) is 0.250. The molecule has 1 aliphatic heterocycles. The minimum absolute atomic E-state index is 0.245. The number of carbonyl (C=O) groups excluding carboxylic acids is 3. The average Bonchev–Trinajstić information content (AvgIpc) is 3.14. The second kappa shape index (κ2) is 5.05. The molecular weight excluding hydrogens is 298 g/mol. The molecule has 1 unspecified atom stereocenters. The quantitative estimate of drug-likeness (QED) is 0.850. The summed E-state index contributed by atoms with van der Waals surface area (Å²) in [5, 5.41) is 0.550. The van der Waals surface area contributed by atoms with Crippen LogP contribution in [0.25, 0.3) is 0 Å². The van der Waals surface area contributed by atoms with Gasteiger partial charge in [-0.05, 0) is 31.4 Å². The van der Waals surface area contributed by atoms with E-state index in [9.17, 15) is 14.4 Å². The topological polar surface area (TPSA) is 92.4 Å². The van der Waals surface area contributed by atoms with Crippen molar-refractivity contribution >= 4 is 17.8 Å². The number of hydrogen-bond acceptors (Lipinski definition) is 5. The molecule has 0 radical (unpaired) electrons. The first kappa shape index (κ1) is 13.7. The molecule has 0 bridgehead atoms. The molecule has 4 rings (SSSR count). The van der Waals surface area contributed by atoms with E-state index in [4.69, 9.17) is 4.84 Å². The number of aromatic nitrogens is 2. The van der Waals surface area contributed by atoms with Crippen molar-refractivity contribution in [3.63, 3.8) is 0 Å². The van der Waals surface area contributed by atoms with E-state index in [1.54, 1.807) is 12.1 Å². The van der Waals surface area contributed by atoms with Crippen LogP contribution in [0.2, 0.25) is 0 Å². The number of imide groups is 1. The third-order valence-corrected chi connectivity index (χ3v) is 4.22. The van der Waals surface area contributed by atoms with Crippen molar-refractivity contribution in [3.05, 3.63) is 53.1 Å². The molecule has 0 saturated carbocycles. The number of benzene rings is 1. The summed E-state index contributed by atoms with van der Waals surface area (Å²) < 4.78 is 0. The van der Waals surface area contributed by atoms with E-state index in [0.29, 0.717) is 17.2 Å². The molecule has 0 saturated heterocycles. The van der Waals surface area contributed by atoms with Gasteiger partial charge < -0.3 is 9.82 Å². The van der Waals surface area contributed by atoms with E-state index in [-0.39, 0.29) is 11.1 Å². The fourth-order valence-electron chi connectivity index (χ4n) is 3.08. The first-order chi connectivity index (χ1) is 11.2. The zero-order chi connectivity index (χ0) is 16.0. The van der Waals surface area contributed by atoms with Gasteiger partial charge in [0.05, 0.1) is 23.1 Å². The number of hydrogen-bond donors (Lipinski definition) is 1. The first-order valence-corrected chi connectivity index (χ1v) is 7.38. The number of aromatic amines is 1. The molecule has 2 heterocycles. The van der Waals surface area contributed by atoms with Crippen LogP contribution in [0.15, 0.2) is 30.6 Å². The Labute approximate surface area is 131 Å². The number of fused-ring (bicyclic) bond motifs is 2. The number of carbonyl (C=O) groups is 3. The Morgan fingerprint density at radius 3 is 2.61 bits per heavy atom. The Balaban J connectivity index is 1.57. The van der Waals surface area contributed by atoms with E-state index in [1.807, 2.05) is 0 Å². The van der Waals surface area contributed by atoms with Gasteiger partial charge in [-0.2, -0.15) is 0 Å². The molecule has 1 N–H and O–H groups in total. The van der Waals surface area contributed by atoms with Crippen molar-refractivity contribution < 1.29 is 19.2 Å². The Bertz CT molecular complexity index is 791. The summed E-state index contributed by atoms with van der Waals surface area (Å²) in [6.07, 6.45) is 3.77. The van der Waals surface area contributed by atoms with Gasteiger partial charge in [-0.25, -0.2) is 9.78 Å². The largest absolute Gasteiger partial charge is 0.348 e. The summed E-state index contributed by atoms with van der Waals surface area (Å²) in [4.78, 5) is 49.2. The summed E-state index contributed by atoms with van der Waals surface area (Å²) in [6, 6.07) is 6.39. The van der Waals surface area contributed by atoms with E-state index in [2.05, 4.69) is 9.97 Å². The van der Waals surface area contributed by atoms with Gasteiger partial charge in [-0.15, -0.1) is 0 Å². The van der Waals surface area contributed by atoms with Crippen LogP contribution in [0.4, 0.5) is 0 Å². The molecule has 7 nitrogen and oxygen atoms in total. The molecule has 2 amide bonds. The lowest BCUT2D eigenvalue weighted by molar-refractivity contribution is -0.171. The molecule has 116 valence electrons. The highest BCUT2D eigenvalue weighted by Gasteiger charge is 2.41. The lowest BCUT2D eigenvalue weighted by Crippen LogP contribution is -2.35. The predicted octanol–water partition coefficient (Wildman–Crippen LogP) is 1.58. The fourth-order valence-corrected chi connectivity index (χ4v) is 3.08. The van der Waals surface area contributed by atoms with Crippen molar-refractivity contribution in [2.24, 2.45) is 0 Å². The molecule has 23 heavy (non-hydrogen) atoms. The minimum Gasteiger partial charge on any atom is -0.348 e. The van der Waals surface area contributed by atoms with Crippen molar-refractivity contribution in [1.82, 2.24) is 15.0 Å². The van der Waals surface area contributed by atoms with Crippen molar-refractivity contribution in [2.45, 2.75) is 25.2 Å². The Morgan fingerprint density at radius 2 is 1.91 bits per heavy atom.